The maximum Gasteiger partial charge on any atom is 0.0776 e. The lowest BCUT2D eigenvalue weighted by Crippen LogP contribution is -2.25. The number of hydrogen-bond acceptors (Lipinski definition) is 2. The molecule has 1 N–H and O–H groups in total. The van der Waals surface area contributed by atoms with E-state index < -0.39 is 6.10 Å². The highest BCUT2D eigenvalue weighted by molar-refractivity contribution is 6.31. The third-order valence-corrected chi connectivity index (χ3v) is 3.69. The van der Waals surface area contributed by atoms with Crippen molar-refractivity contribution in [3.05, 3.63) is 28.8 Å². The molecule has 0 aliphatic carbocycles. The summed E-state index contributed by atoms with van der Waals surface area (Å²) in [5.41, 5.74) is 1.97. The molecular formula is C16H26ClNO. The topological polar surface area (TPSA) is 23.5 Å². The van der Waals surface area contributed by atoms with Gasteiger partial charge in [0.05, 0.1) is 6.10 Å². The minimum atomic E-state index is -0.513. The molecule has 0 fully saturated rings. The molecule has 0 saturated heterocycles. The van der Waals surface area contributed by atoms with E-state index in [2.05, 4.69) is 24.8 Å². The number of halogens is 1. The van der Waals surface area contributed by atoms with Gasteiger partial charge in [0.1, 0.15) is 0 Å². The van der Waals surface area contributed by atoms with E-state index in [0.717, 1.165) is 24.3 Å². The molecule has 0 aliphatic heterocycles. The van der Waals surface area contributed by atoms with Crippen molar-refractivity contribution in [3.8, 4) is 0 Å². The minimum absolute atomic E-state index is 0.513. The Morgan fingerprint density at radius 3 is 2.16 bits per heavy atom. The number of hydrogen-bond donors (Lipinski definition) is 1. The van der Waals surface area contributed by atoms with Gasteiger partial charge in [-0.15, -0.1) is 0 Å². The smallest absolute Gasteiger partial charge is 0.0776 e. The van der Waals surface area contributed by atoms with Crippen molar-refractivity contribution in [3.63, 3.8) is 0 Å². The van der Waals surface area contributed by atoms with E-state index in [-0.39, 0.29) is 0 Å². The summed E-state index contributed by atoms with van der Waals surface area (Å²) < 4.78 is 0. The fraction of sp³-hybridized carbons (Fsp3) is 0.625. The van der Waals surface area contributed by atoms with Crippen molar-refractivity contribution in [1.29, 1.82) is 0 Å². The average Bonchev–Trinajstić information content (AvgIpc) is 2.38. The second kappa shape index (κ2) is 8.44. The normalized spacial score (nSPS) is 12.5. The molecule has 0 saturated carbocycles. The molecule has 0 aliphatic rings. The molecule has 0 aromatic heterocycles. The van der Waals surface area contributed by atoms with Gasteiger partial charge in [0.15, 0.2) is 0 Å². The molecule has 0 heterocycles. The van der Waals surface area contributed by atoms with Crippen LogP contribution in [0.5, 0.6) is 0 Å². The number of benzene rings is 1. The second-order valence-corrected chi connectivity index (χ2v) is 5.48. The quantitative estimate of drug-likeness (QED) is 0.741. The highest BCUT2D eigenvalue weighted by atomic mass is 35.5. The molecule has 108 valence electrons. The van der Waals surface area contributed by atoms with Crippen LogP contribution in [0.4, 0.5) is 5.69 Å². The van der Waals surface area contributed by atoms with Crippen LogP contribution in [0, 0.1) is 0 Å². The Morgan fingerprint density at radius 1 is 1.16 bits per heavy atom. The predicted molar refractivity (Wildman–Crippen MR) is 84.1 cm³/mol. The van der Waals surface area contributed by atoms with Gasteiger partial charge in [0.2, 0.25) is 0 Å². The first-order valence-corrected chi connectivity index (χ1v) is 7.70. The third-order valence-electron chi connectivity index (χ3n) is 3.36. The zero-order chi connectivity index (χ0) is 14.3. The molecule has 0 radical (unpaired) electrons. The number of rotatable bonds is 8. The summed E-state index contributed by atoms with van der Waals surface area (Å²) in [7, 11) is 0. The van der Waals surface area contributed by atoms with E-state index in [1.165, 1.54) is 25.7 Å². The van der Waals surface area contributed by atoms with E-state index in [4.69, 9.17) is 11.6 Å². The summed E-state index contributed by atoms with van der Waals surface area (Å²) >= 11 is 6.25. The zero-order valence-electron chi connectivity index (χ0n) is 12.3. The van der Waals surface area contributed by atoms with Crippen molar-refractivity contribution in [2.24, 2.45) is 0 Å². The molecule has 0 spiro atoms. The lowest BCUT2D eigenvalue weighted by Gasteiger charge is -2.25. The fourth-order valence-corrected chi connectivity index (χ4v) is 2.45. The lowest BCUT2D eigenvalue weighted by molar-refractivity contribution is 0.199. The first-order chi connectivity index (χ1) is 9.10. The maximum atomic E-state index is 9.62. The number of nitrogens with zero attached hydrogens (tertiary/aromatic N) is 1. The Labute approximate surface area is 122 Å². The van der Waals surface area contributed by atoms with Crippen molar-refractivity contribution in [1.82, 2.24) is 0 Å². The van der Waals surface area contributed by atoms with Crippen LogP contribution in [0.15, 0.2) is 18.2 Å². The molecule has 1 rings (SSSR count). The number of anilines is 1. The van der Waals surface area contributed by atoms with Crippen LogP contribution in [0.25, 0.3) is 0 Å². The number of aliphatic hydroxyl groups excluding tert-OH is 1. The van der Waals surface area contributed by atoms with Crippen LogP contribution in [0.2, 0.25) is 5.02 Å². The Bertz CT molecular complexity index is 371. The van der Waals surface area contributed by atoms with Gasteiger partial charge >= 0.3 is 0 Å². The molecule has 19 heavy (non-hydrogen) atoms. The Kier molecular flexibility index (Phi) is 7.25. The number of unbranched alkanes of at least 4 members (excludes halogenated alkanes) is 2. The van der Waals surface area contributed by atoms with Crippen molar-refractivity contribution >= 4 is 17.3 Å². The molecular weight excluding hydrogens is 258 g/mol. The predicted octanol–water partition coefficient (Wildman–Crippen LogP) is 4.80. The SMILES string of the molecule is CCCCN(CCCC)c1ccc(C(C)O)c(Cl)c1. The first-order valence-electron chi connectivity index (χ1n) is 7.32. The number of aliphatic hydroxyl groups is 1. The monoisotopic (exact) mass is 283 g/mol. The van der Waals surface area contributed by atoms with Gasteiger partial charge in [-0.05, 0) is 37.5 Å². The standard InChI is InChI=1S/C16H26ClNO/c1-4-6-10-18(11-7-5-2)14-8-9-15(13(3)19)16(17)12-14/h8-9,12-13,19H,4-7,10-11H2,1-3H3. The molecule has 3 heteroatoms. The molecule has 0 amide bonds. The molecule has 2 nitrogen and oxygen atoms in total. The summed E-state index contributed by atoms with van der Waals surface area (Å²) in [6.07, 6.45) is 4.27. The summed E-state index contributed by atoms with van der Waals surface area (Å²) in [5, 5.41) is 10.3. The molecule has 0 bridgehead atoms. The van der Waals surface area contributed by atoms with Gasteiger partial charge in [-0.3, -0.25) is 0 Å². The van der Waals surface area contributed by atoms with Crippen LogP contribution in [0.1, 0.15) is 58.1 Å². The molecule has 1 aromatic carbocycles. The van der Waals surface area contributed by atoms with Crippen LogP contribution in [-0.2, 0) is 0 Å². The Hall–Kier alpha value is -0.730. The van der Waals surface area contributed by atoms with Crippen molar-refractivity contribution in [2.75, 3.05) is 18.0 Å². The van der Waals surface area contributed by atoms with Gasteiger partial charge in [-0.1, -0.05) is 44.4 Å². The van der Waals surface area contributed by atoms with Crippen LogP contribution in [0.3, 0.4) is 0 Å². The van der Waals surface area contributed by atoms with E-state index in [1.54, 1.807) is 6.92 Å². The van der Waals surface area contributed by atoms with Gasteiger partial charge in [0.25, 0.3) is 0 Å². The van der Waals surface area contributed by atoms with E-state index in [9.17, 15) is 5.11 Å². The Morgan fingerprint density at radius 2 is 1.74 bits per heavy atom. The highest BCUT2D eigenvalue weighted by Gasteiger charge is 2.11. The molecule has 1 atom stereocenters. The van der Waals surface area contributed by atoms with E-state index in [0.29, 0.717) is 5.02 Å². The van der Waals surface area contributed by atoms with E-state index in [1.807, 2.05) is 12.1 Å². The Balaban J connectivity index is 2.85. The average molecular weight is 284 g/mol. The lowest BCUT2D eigenvalue weighted by atomic mass is 10.1. The fourth-order valence-electron chi connectivity index (χ4n) is 2.12. The van der Waals surface area contributed by atoms with Crippen molar-refractivity contribution < 1.29 is 5.11 Å². The van der Waals surface area contributed by atoms with Gasteiger partial charge in [0, 0.05) is 23.8 Å². The molecule has 1 aromatic rings. The van der Waals surface area contributed by atoms with Gasteiger partial charge in [-0.25, -0.2) is 0 Å². The molecule has 1 unspecified atom stereocenters. The second-order valence-electron chi connectivity index (χ2n) is 5.08. The third kappa shape index (κ3) is 5.04. The summed E-state index contributed by atoms with van der Waals surface area (Å²) in [6, 6.07) is 5.99. The van der Waals surface area contributed by atoms with E-state index >= 15 is 0 Å². The maximum absolute atomic E-state index is 9.62. The van der Waals surface area contributed by atoms with Crippen LogP contribution in [-0.4, -0.2) is 18.2 Å². The van der Waals surface area contributed by atoms with Crippen LogP contribution < -0.4 is 4.90 Å². The van der Waals surface area contributed by atoms with Crippen molar-refractivity contribution in [2.45, 2.75) is 52.6 Å². The largest absolute Gasteiger partial charge is 0.389 e. The highest BCUT2D eigenvalue weighted by Crippen LogP contribution is 2.28. The minimum Gasteiger partial charge on any atom is -0.389 e. The van der Waals surface area contributed by atoms with Crippen LogP contribution >= 0.6 is 11.6 Å². The van der Waals surface area contributed by atoms with Gasteiger partial charge < -0.3 is 10.0 Å². The zero-order valence-corrected chi connectivity index (χ0v) is 13.1. The van der Waals surface area contributed by atoms with Gasteiger partial charge in [-0.2, -0.15) is 0 Å². The summed E-state index contributed by atoms with van der Waals surface area (Å²) in [4.78, 5) is 2.39. The first kappa shape index (κ1) is 16.3. The summed E-state index contributed by atoms with van der Waals surface area (Å²) in [6.45, 7) is 8.30. The summed E-state index contributed by atoms with van der Waals surface area (Å²) in [5.74, 6) is 0.